The van der Waals surface area contributed by atoms with Crippen molar-refractivity contribution in [3.05, 3.63) is 33.3 Å². The summed E-state index contributed by atoms with van der Waals surface area (Å²) < 4.78 is 1.02. The van der Waals surface area contributed by atoms with E-state index >= 15 is 0 Å². The van der Waals surface area contributed by atoms with Crippen LogP contribution < -0.4 is 0 Å². The molecule has 1 unspecified atom stereocenters. The lowest BCUT2D eigenvalue weighted by Crippen LogP contribution is -2.50. The average Bonchev–Trinajstić information content (AvgIpc) is 2.37. The fraction of sp³-hybridized carbons (Fsp3) is 0.533. The van der Waals surface area contributed by atoms with E-state index in [-0.39, 0.29) is 0 Å². The lowest BCUT2D eigenvalue weighted by molar-refractivity contribution is -0.153. The molecule has 5 heteroatoms. The van der Waals surface area contributed by atoms with Gasteiger partial charge in [-0.3, -0.25) is 4.79 Å². The number of rotatable bonds is 2. The van der Waals surface area contributed by atoms with E-state index in [0.29, 0.717) is 13.1 Å². The fourth-order valence-corrected chi connectivity index (χ4v) is 2.76. The van der Waals surface area contributed by atoms with Gasteiger partial charge in [0.1, 0.15) is 0 Å². The van der Waals surface area contributed by atoms with Crippen molar-refractivity contribution in [2.45, 2.75) is 45.4 Å². The van der Waals surface area contributed by atoms with Crippen molar-refractivity contribution in [1.82, 2.24) is 4.90 Å². The Morgan fingerprint density at radius 1 is 1.40 bits per heavy atom. The molecule has 1 aliphatic heterocycles. The number of benzene rings is 1. The molecule has 1 heterocycles. The van der Waals surface area contributed by atoms with Crippen molar-refractivity contribution in [2.75, 3.05) is 6.54 Å². The average molecular weight is 342 g/mol. The largest absolute Gasteiger partial charge is 0.387 e. The Morgan fingerprint density at radius 2 is 2.05 bits per heavy atom. The molecule has 0 aliphatic carbocycles. The highest BCUT2D eigenvalue weighted by Crippen LogP contribution is 2.27. The first-order valence-corrected chi connectivity index (χ1v) is 7.46. The molecule has 0 fully saturated rings. The minimum absolute atomic E-state index is 0.417. The molecule has 1 aromatic rings. The highest BCUT2D eigenvalue weighted by Gasteiger charge is 2.35. The molecule has 0 bridgehead atoms. The van der Waals surface area contributed by atoms with E-state index in [1.165, 1.54) is 25.0 Å². The summed E-state index contributed by atoms with van der Waals surface area (Å²) in [4.78, 5) is 13.8. The van der Waals surface area contributed by atoms with Gasteiger partial charge in [-0.25, -0.2) is 0 Å². The molecule has 0 aromatic heterocycles. The molecule has 4 nitrogen and oxygen atoms in total. The van der Waals surface area contributed by atoms with Gasteiger partial charge >= 0.3 is 0 Å². The van der Waals surface area contributed by atoms with E-state index < -0.39 is 17.6 Å². The van der Waals surface area contributed by atoms with E-state index in [1.54, 1.807) is 4.90 Å². The minimum Gasteiger partial charge on any atom is -0.387 e. The standard InChI is InChI=1S/C15H20BrNO3/c1-9-6-10-4-5-17(8-11(10)7-12(9)16)14(19)13(18)15(2,3)20/h6-7,13,18,20H,4-5,8H2,1-3H3. The van der Waals surface area contributed by atoms with Crippen LogP contribution in [0.25, 0.3) is 0 Å². The normalized spacial score (nSPS) is 16.8. The second kappa shape index (κ2) is 5.47. The maximum absolute atomic E-state index is 12.2. The monoisotopic (exact) mass is 341 g/mol. The predicted octanol–water partition coefficient (Wildman–Crippen LogP) is 1.77. The topological polar surface area (TPSA) is 60.8 Å². The zero-order chi connectivity index (χ0) is 15.1. The highest BCUT2D eigenvalue weighted by molar-refractivity contribution is 9.10. The van der Waals surface area contributed by atoms with Crippen LogP contribution in [0.5, 0.6) is 0 Å². The molecule has 1 aromatic carbocycles. The second-order valence-electron chi connectivity index (χ2n) is 5.94. The number of nitrogens with zero attached hydrogens (tertiary/aromatic N) is 1. The molecule has 1 amide bonds. The van der Waals surface area contributed by atoms with Crippen LogP contribution in [0.2, 0.25) is 0 Å². The smallest absolute Gasteiger partial charge is 0.254 e. The molecule has 110 valence electrons. The van der Waals surface area contributed by atoms with Gasteiger partial charge in [-0.2, -0.15) is 0 Å². The van der Waals surface area contributed by atoms with Gasteiger partial charge < -0.3 is 15.1 Å². The number of carbonyl (C=O) groups excluding carboxylic acids is 1. The summed E-state index contributed by atoms with van der Waals surface area (Å²) >= 11 is 3.50. The first-order valence-electron chi connectivity index (χ1n) is 6.67. The molecule has 2 N–H and O–H groups in total. The molecular weight excluding hydrogens is 322 g/mol. The van der Waals surface area contributed by atoms with E-state index in [1.807, 2.05) is 13.0 Å². The van der Waals surface area contributed by atoms with Gasteiger partial charge in [0.15, 0.2) is 6.10 Å². The Labute approximate surface area is 127 Å². The van der Waals surface area contributed by atoms with Gasteiger partial charge in [0.05, 0.1) is 5.60 Å². The fourth-order valence-electron chi connectivity index (χ4n) is 2.37. The maximum atomic E-state index is 12.2. The number of amides is 1. The Hall–Kier alpha value is -0.910. The minimum atomic E-state index is -1.43. The quantitative estimate of drug-likeness (QED) is 0.861. The lowest BCUT2D eigenvalue weighted by Gasteiger charge is -2.34. The summed E-state index contributed by atoms with van der Waals surface area (Å²) in [5.74, 6) is -0.417. The molecule has 1 atom stereocenters. The predicted molar refractivity (Wildman–Crippen MR) is 80.3 cm³/mol. The molecule has 1 aliphatic rings. The van der Waals surface area contributed by atoms with E-state index in [2.05, 4.69) is 22.0 Å². The van der Waals surface area contributed by atoms with Crippen LogP contribution in [-0.4, -0.2) is 39.3 Å². The number of hydrogen-bond acceptors (Lipinski definition) is 3. The van der Waals surface area contributed by atoms with E-state index in [0.717, 1.165) is 16.5 Å². The maximum Gasteiger partial charge on any atom is 0.254 e. The number of fused-ring (bicyclic) bond motifs is 1. The summed E-state index contributed by atoms with van der Waals surface area (Å²) in [5.41, 5.74) is 2.09. The van der Waals surface area contributed by atoms with Gasteiger partial charge in [-0.15, -0.1) is 0 Å². The summed E-state index contributed by atoms with van der Waals surface area (Å²) in [5, 5.41) is 19.7. The number of aliphatic hydroxyl groups is 2. The van der Waals surface area contributed by atoms with Crippen LogP contribution in [0, 0.1) is 6.92 Å². The van der Waals surface area contributed by atoms with E-state index in [9.17, 15) is 15.0 Å². The van der Waals surface area contributed by atoms with Crippen molar-refractivity contribution in [1.29, 1.82) is 0 Å². The van der Waals surface area contributed by atoms with Crippen molar-refractivity contribution < 1.29 is 15.0 Å². The SMILES string of the molecule is Cc1cc2c(cc1Br)CN(C(=O)C(O)C(C)(C)O)CC2. The summed E-state index contributed by atoms with van der Waals surface area (Å²) in [6.07, 6.45) is -0.619. The third-order valence-electron chi connectivity index (χ3n) is 3.71. The van der Waals surface area contributed by atoms with Crippen LogP contribution in [0.3, 0.4) is 0 Å². The molecule has 0 radical (unpaired) electrons. The van der Waals surface area contributed by atoms with Gasteiger partial charge in [0.2, 0.25) is 0 Å². The van der Waals surface area contributed by atoms with Crippen LogP contribution >= 0.6 is 15.9 Å². The Morgan fingerprint density at radius 3 is 2.65 bits per heavy atom. The number of aliphatic hydroxyl groups excluding tert-OH is 1. The van der Waals surface area contributed by atoms with Crippen molar-refractivity contribution in [2.24, 2.45) is 0 Å². The Kier molecular flexibility index (Phi) is 4.23. The third-order valence-corrected chi connectivity index (χ3v) is 4.56. The Bertz CT molecular complexity index is 537. The Balaban J connectivity index is 2.19. The van der Waals surface area contributed by atoms with Gasteiger partial charge in [0, 0.05) is 17.6 Å². The first kappa shape index (κ1) is 15.5. The van der Waals surface area contributed by atoms with Crippen LogP contribution in [0.4, 0.5) is 0 Å². The number of hydrogen-bond donors (Lipinski definition) is 2. The van der Waals surface area contributed by atoms with Crippen molar-refractivity contribution >= 4 is 21.8 Å². The molecular formula is C15H20BrNO3. The van der Waals surface area contributed by atoms with Gasteiger partial charge in [-0.05, 0) is 49.9 Å². The molecule has 20 heavy (non-hydrogen) atoms. The number of carbonyl (C=O) groups is 1. The zero-order valence-electron chi connectivity index (χ0n) is 12.0. The second-order valence-corrected chi connectivity index (χ2v) is 6.79. The van der Waals surface area contributed by atoms with Crippen LogP contribution in [0.15, 0.2) is 16.6 Å². The van der Waals surface area contributed by atoms with Gasteiger partial charge in [-0.1, -0.05) is 22.0 Å². The first-order chi connectivity index (χ1) is 9.20. The van der Waals surface area contributed by atoms with Crippen molar-refractivity contribution in [3.8, 4) is 0 Å². The molecule has 2 rings (SSSR count). The molecule has 0 saturated heterocycles. The third kappa shape index (κ3) is 3.05. The number of aryl methyl sites for hydroxylation is 1. The molecule has 0 spiro atoms. The van der Waals surface area contributed by atoms with Crippen molar-refractivity contribution in [3.63, 3.8) is 0 Å². The summed E-state index contributed by atoms with van der Waals surface area (Å²) in [6, 6.07) is 4.16. The number of halogens is 1. The highest BCUT2D eigenvalue weighted by atomic mass is 79.9. The van der Waals surface area contributed by atoms with Gasteiger partial charge in [0.25, 0.3) is 5.91 Å². The van der Waals surface area contributed by atoms with Crippen LogP contribution in [-0.2, 0) is 17.8 Å². The zero-order valence-corrected chi connectivity index (χ0v) is 13.6. The van der Waals surface area contributed by atoms with Crippen LogP contribution in [0.1, 0.15) is 30.5 Å². The summed E-state index contributed by atoms with van der Waals surface area (Å²) in [7, 11) is 0. The summed E-state index contributed by atoms with van der Waals surface area (Å²) in [6.45, 7) is 5.96. The van der Waals surface area contributed by atoms with E-state index in [4.69, 9.17) is 0 Å². The molecule has 0 saturated carbocycles. The lowest BCUT2D eigenvalue weighted by atomic mass is 9.95.